The molecule has 0 radical (unpaired) electrons. The molecule has 31 heavy (non-hydrogen) atoms. The second kappa shape index (κ2) is 10.7. The molecule has 2 amide bonds. The quantitative estimate of drug-likeness (QED) is 0.559. The molecular formula is C22H28ClN3O4S. The number of primary amides is 1. The summed E-state index contributed by atoms with van der Waals surface area (Å²) in [6, 6.07) is 12.3. The van der Waals surface area contributed by atoms with Gasteiger partial charge in [-0.3, -0.25) is 9.59 Å². The molecule has 1 atom stereocenters. The number of rotatable bonds is 10. The number of nitrogens with zero attached hydrogens (tertiary/aromatic N) is 1. The maximum absolute atomic E-state index is 13.4. The molecule has 0 bridgehead atoms. The van der Waals surface area contributed by atoms with Gasteiger partial charge in [-0.1, -0.05) is 49.7 Å². The SMILES string of the molecule is CC(=O)Nc1ccc(CN([C@H](CC(C)C)C(N)=O)S(=O)(=O)Cc2ccc(Cl)cc2)cc1. The van der Waals surface area contributed by atoms with Crippen LogP contribution in [0.3, 0.4) is 0 Å². The number of hydrogen-bond acceptors (Lipinski definition) is 4. The highest BCUT2D eigenvalue weighted by atomic mass is 35.5. The van der Waals surface area contributed by atoms with Crippen LogP contribution in [-0.2, 0) is 31.9 Å². The molecule has 2 aromatic rings. The third kappa shape index (κ3) is 7.65. The van der Waals surface area contributed by atoms with Crippen molar-refractivity contribution in [3.8, 4) is 0 Å². The van der Waals surface area contributed by atoms with Crippen molar-refractivity contribution < 1.29 is 18.0 Å². The number of hydrogen-bond donors (Lipinski definition) is 2. The number of carbonyl (C=O) groups excluding carboxylic acids is 2. The van der Waals surface area contributed by atoms with Gasteiger partial charge in [0.25, 0.3) is 0 Å². The summed E-state index contributed by atoms with van der Waals surface area (Å²) in [5.74, 6) is -1.11. The molecule has 0 saturated heterocycles. The number of sulfonamides is 1. The molecule has 0 aliphatic carbocycles. The fourth-order valence-corrected chi connectivity index (χ4v) is 5.00. The van der Waals surface area contributed by atoms with Gasteiger partial charge in [-0.25, -0.2) is 8.42 Å². The molecule has 2 aromatic carbocycles. The predicted molar refractivity (Wildman–Crippen MR) is 123 cm³/mol. The van der Waals surface area contributed by atoms with Crippen LogP contribution >= 0.6 is 11.6 Å². The van der Waals surface area contributed by atoms with Crippen molar-refractivity contribution >= 4 is 39.1 Å². The van der Waals surface area contributed by atoms with Crippen LogP contribution in [-0.4, -0.2) is 30.6 Å². The molecule has 3 N–H and O–H groups in total. The minimum Gasteiger partial charge on any atom is -0.368 e. The molecule has 0 unspecified atom stereocenters. The van der Waals surface area contributed by atoms with Crippen molar-refractivity contribution in [2.45, 2.75) is 45.5 Å². The van der Waals surface area contributed by atoms with Gasteiger partial charge in [0.05, 0.1) is 5.75 Å². The third-order valence-corrected chi connectivity index (χ3v) is 6.65. The highest BCUT2D eigenvalue weighted by Crippen LogP contribution is 2.23. The van der Waals surface area contributed by atoms with E-state index in [1.165, 1.54) is 11.2 Å². The maximum atomic E-state index is 13.4. The van der Waals surface area contributed by atoms with Gasteiger partial charge in [-0.2, -0.15) is 4.31 Å². The Kier molecular flexibility index (Phi) is 8.61. The van der Waals surface area contributed by atoms with Crippen LogP contribution in [0, 0.1) is 5.92 Å². The van der Waals surface area contributed by atoms with Gasteiger partial charge < -0.3 is 11.1 Å². The Balaban J connectivity index is 2.38. The zero-order valence-corrected chi connectivity index (χ0v) is 19.4. The number of amides is 2. The van der Waals surface area contributed by atoms with E-state index in [1.807, 2.05) is 13.8 Å². The van der Waals surface area contributed by atoms with Gasteiger partial charge in [0.1, 0.15) is 6.04 Å². The Morgan fingerprint density at radius 3 is 2.06 bits per heavy atom. The van der Waals surface area contributed by atoms with Crippen LogP contribution < -0.4 is 11.1 Å². The Labute approximate surface area is 188 Å². The summed E-state index contributed by atoms with van der Waals surface area (Å²) in [4.78, 5) is 23.4. The second-order valence-electron chi connectivity index (χ2n) is 7.85. The monoisotopic (exact) mass is 465 g/mol. The highest BCUT2D eigenvalue weighted by Gasteiger charge is 2.34. The molecule has 0 spiro atoms. The van der Waals surface area contributed by atoms with Crippen molar-refractivity contribution in [3.63, 3.8) is 0 Å². The predicted octanol–water partition coefficient (Wildman–Crippen LogP) is 3.53. The van der Waals surface area contributed by atoms with Gasteiger partial charge in [0, 0.05) is 24.2 Å². The fraction of sp³-hybridized carbons (Fsp3) is 0.364. The number of anilines is 1. The number of carbonyl (C=O) groups is 2. The third-order valence-electron chi connectivity index (χ3n) is 4.60. The Hall–Kier alpha value is -2.42. The van der Waals surface area contributed by atoms with Crippen LogP contribution in [0.4, 0.5) is 5.69 Å². The molecule has 0 aromatic heterocycles. The van der Waals surface area contributed by atoms with E-state index >= 15 is 0 Å². The lowest BCUT2D eigenvalue weighted by Crippen LogP contribution is -2.48. The van der Waals surface area contributed by atoms with E-state index in [1.54, 1.807) is 48.5 Å². The Morgan fingerprint density at radius 2 is 1.58 bits per heavy atom. The first-order valence-corrected chi connectivity index (χ1v) is 11.9. The smallest absolute Gasteiger partial charge is 0.235 e. The lowest BCUT2D eigenvalue weighted by atomic mass is 10.0. The number of benzene rings is 2. The molecule has 0 heterocycles. The van der Waals surface area contributed by atoms with Crippen LogP contribution in [0.1, 0.15) is 38.3 Å². The van der Waals surface area contributed by atoms with E-state index < -0.39 is 22.0 Å². The molecule has 0 aliphatic heterocycles. The first kappa shape index (κ1) is 24.8. The van der Waals surface area contributed by atoms with Gasteiger partial charge in [0.2, 0.25) is 21.8 Å². The highest BCUT2D eigenvalue weighted by molar-refractivity contribution is 7.88. The van der Waals surface area contributed by atoms with Crippen molar-refractivity contribution in [3.05, 3.63) is 64.7 Å². The van der Waals surface area contributed by atoms with E-state index in [0.29, 0.717) is 28.3 Å². The van der Waals surface area contributed by atoms with Crippen LogP contribution in [0.5, 0.6) is 0 Å². The Morgan fingerprint density at radius 1 is 1.03 bits per heavy atom. The van der Waals surface area contributed by atoms with Crippen LogP contribution in [0.2, 0.25) is 5.02 Å². The molecule has 0 aliphatic rings. The second-order valence-corrected chi connectivity index (χ2v) is 10.2. The molecule has 168 valence electrons. The summed E-state index contributed by atoms with van der Waals surface area (Å²) in [6.45, 7) is 5.20. The maximum Gasteiger partial charge on any atom is 0.235 e. The first-order valence-electron chi connectivity index (χ1n) is 9.87. The van der Waals surface area contributed by atoms with Crippen LogP contribution in [0.15, 0.2) is 48.5 Å². The van der Waals surface area contributed by atoms with Crippen molar-refractivity contribution in [1.29, 1.82) is 0 Å². The van der Waals surface area contributed by atoms with E-state index in [9.17, 15) is 18.0 Å². The van der Waals surface area contributed by atoms with Gasteiger partial charge in [0.15, 0.2) is 0 Å². The van der Waals surface area contributed by atoms with E-state index in [2.05, 4.69) is 5.32 Å². The average Bonchev–Trinajstić information content (AvgIpc) is 2.66. The summed E-state index contributed by atoms with van der Waals surface area (Å²) in [5.41, 5.74) is 7.44. The molecule has 9 heteroatoms. The average molecular weight is 466 g/mol. The zero-order chi connectivity index (χ0) is 23.2. The fourth-order valence-electron chi connectivity index (χ4n) is 3.18. The summed E-state index contributed by atoms with van der Waals surface area (Å²) in [6.07, 6.45) is 0.305. The largest absolute Gasteiger partial charge is 0.368 e. The van der Waals surface area contributed by atoms with Crippen molar-refractivity contribution in [2.75, 3.05) is 5.32 Å². The lowest BCUT2D eigenvalue weighted by Gasteiger charge is -2.30. The van der Waals surface area contributed by atoms with Crippen LogP contribution in [0.25, 0.3) is 0 Å². The van der Waals surface area contributed by atoms with Gasteiger partial charge in [-0.15, -0.1) is 0 Å². The molecule has 7 nitrogen and oxygen atoms in total. The number of nitrogens with one attached hydrogen (secondary N) is 1. The van der Waals surface area contributed by atoms with Gasteiger partial charge >= 0.3 is 0 Å². The number of nitrogens with two attached hydrogens (primary N) is 1. The topological polar surface area (TPSA) is 110 Å². The minimum atomic E-state index is -3.89. The zero-order valence-electron chi connectivity index (χ0n) is 17.8. The summed E-state index contributed by atoms with van der Waals surface area (Å²) in [7, 11) is -3.89. The van der Waals surface area contributed by atoms with Crippen molar-refractivity contribution in [1.82, 2.24) is 4.31 Å². The van der Waals surface area contributed by atoms with Gasteiger partial charge in [-0.05, 0) is 47.7 Å². The van der Waals surface area contributed by atoms with Crippen molar-refractivity contribution in [2.24, 2.45) is 11.7 Å². The van der Waals surface area contributed by atoms with E-state index in [0.717, 1.165) is 0 Å². The Bertz CT molecular complexity index is 1010. The van der Waals surface area contributed by atoms with E-state index in [4.69, 9.17) is 17.3 Å². The minimum absolute atomic E-state index is 0.0173. The molecule has 0 saturated carbocycles. The first-order chi connectivity index (χ1) is 14.5. The normalized spacial score (nSPS) is 12.7. The number of halogens is 1. The molecule has 2 rings (SSSR count). The summed E-state index contributed by atoms with van der Waals surface area (Å²) in [5, 5.41) is 3.17. The summed E-state index contributed by atoms with van der Waals surface area (Å²) < 4.78 is 27.9. The summed E-state index contributed by atoms with van der Waals surface area (Å²) >= 11 is 5.90. The lowest BCUT2D eigenvalue weighted by molar-refractivity contribution is -0.122. The standard InChI is InChI=1S/C22H28ClN3O4S/c1-15(2)12-21(22(24)28)26(13-17-6-10-20(11-7-17)25-16(3)27)31(29,30)14-18-4-8-19(23)9-5-18/h4-11,15,21H,12-14H2,1-3H3,(H2,24,28)(H,25,27)/t21-/m1/s1. The van der Waals surface area contributed by atoms with E-state index in [-0.39, 0.29) is 24.1 Å². The molecular weight excluding hydrogens is 438 g/mol. The molecule has 0 fully saturated rings.